The number of nitrogens with zero attached hydrogens (tertiary/aromatic N) is 1. The normalized spacial score (nSPS) is 14.3. The highest BCUT2D eigenvalue weighted by molar-refractivity contribution is 5.51. The predicted octanol–water partition coefficient (Wildman–Crippen LogP) is 2.36. The maximum atomic E-state index is 5.85. The van der Waals surface area contributed by atoms with Gasteiger partial charge in [0.2, 0.25) is 0 Å². The Balaban J connectivity index is 2.83. The van der Waals surface area contributed by atoms with Crippen LogP contribution in [-0.2, 0) is 11.2 Å². The molecule has 0 aliphatic rings. The van der Waals surface area contributed by atoms with E-state index in [1.807, 2.05) is 6.92 Å². The van der Waals surface area contributed by atoms with Crippen molar-refractivity contribution in [3.8, 4) is 0 Å². The Bertz CT molecular complexity index is 377. The van der Waals surface area contributed by atoms with Crippen LogP contribution < -0.4 is 10.6 Å². The molecule has 1 aromatic rings. The molecule has 3 nitrogen and oxygen atoms in total. The lowest BCUT2D eigenvalue weighted by Crippen LogP contribution is -2.32. The first-order valence-electron chi connectivity index (χ1n) is 6.52. The van der Waals surface area contributed by atoms with Gasteiger partial charge in [-0.05, 0) is 50.5 Å². The minimum absolute atomic E-state index is 0.208. The fraction of sp³-hybridized carbons (Fsp3) is 0.600. The first-order chi connectivity index (χ1) is 8.45. The third kappa shape index (κ3) is 4.00. The maximum Gasteiger partial charge on any atom is 0.0663 e. The summed E-state index contributed by atoms with van der Waals surface area (Å²) in [5.41, 5.74) is 9.72. The van der Waals surface area contributed by atoms with Crippen molar-refractivity contribution in [3.63, 3.8) is 0 Å². The fourth-order valence-corrected chi connectivity index (χ4v) is 2.08. The molecule has 0 radical (unpaired) electrons. The number of anilines is 1. The van der Waals surface area contributed by atoms with Crippen LogP contribution in [0.4, 0.5) is 5.69 Å². The van der Waals surface area contributed by atoms with Gasteiger partial charge in [-0.2, -0.15) is 0 Å². The molecule has 0 bridgehead atoms. The Morgan fingerprint density at radius 2 is 2.00 bits per heavy atom. The van der Waals surface area contributed by atoms with Crippen molar-refractivity contribution < 1.29 is 4.74 Å². The molecule has 0 aromatic heterocycles. The van der Waals surface area contributed by atoms with E-state index in [0.29, 0.717) is 6.04 Å². The molecule has 0 aliphatic heterocycles. The van der Waals surface area contributed by atoms with E-state index >= 15 is 0 Å². The highest BCUT2D eigenvalue weighted by Gasteiger charge is 2.11. The molecule has 0 spiro atoms. The van der Waals surface area contributed by atoms with Gasteiger partial charge >= 0.3 is 0 Å². The molecule has 102 valence electrons. The molecule has 18 heavy (non-hydrogen) atoms. The quantitative estimate of drug-likeness (QED) is 0.842. The molecule has 0 aliphatic carbocycles. The summed E-state index contributed by atoms with van der Waals surface area (Å²) in [6.45, 7) is 7.09. The van der Waals surface area contributed by atoms with Crippen molar-refractivity contribution in [3.05, 3.63) is 29.3 Å². The van der Waals surface area contributed by atoms with Gasteiger partial charge in [-0.15, -0.1) is 0 Å². The zero-order valence-electron chi connectivity index (χ0n) is 12.2. The number of benzene rings is 1. The highest BCUT2D eigenvalue weighted by Crippen LogP contribution is 2.20. The van der Waals surface area contributed by atoms with Gasteiger partial charge < -0.3 is 15.4 Å². The van der Waals surface area contributed by atoms with Crippen molar-refractivity contribution >= 4 is 5.69 Å². The molecule has 2 unspecified atom stereocenters. The van der Waals surface area contributed by atoms with Crippen molar-refractivity contribution in [1.82, 2.24) is 0 Å². The Hall–Kier alpha value is -1.06. The lowest BCUT2D eigenvalue weighted by Gasteiger charge is -2.27. The maximum absolute atomic E-state index is 5.85. The third-order valence-electron chi connectivity index (χ3n) is 3.34. The van der Waals surface area contributed by atoms with Crippen molar-refractivity contribution in [2.45, 2.75) is 39.3 Å². The van der Waals surface area contributed by atoms with Gasteiger partial charge in [0, 0.05) is 31.9 Å². The third-order valence-corrected chi connectivity index (χ3v) is 3.34. The number of methoxy groups -OCH3 is 1. The Morgan fingerprint density at radius 1 is 1.33 bits per heavy atom. The van der Waals surface area contributed by atoms with Crippen molar-refractivity contribution in [2.75, 3.05) is 25.7 Å². The number of likely N-dealkylation sites (N-methyl/N-ethyl adjacent to an activating group) is 1. The molecule has 1 rings (SSSR count). The van der Waals surface area contributed by atoms with Crippen LogP contribution in [0.5, 0.6) is 0 Å². The predicted molar refractivity (Wildman–Crippen MR) is 78.3 cm³/mol. The molecular formula is C15H26N2O. The second-order valence-electron chi connectivity index (χ2n) is 5.21. The average molecular weight is 250 g/mol. The first kappa shape index (κ1) is 15.0. The lowest BCUT2D eigenvalue weighted by atomic mass is 10.0. The van der Waals surface area contributed by atoms with Crippen LogP contribution in [0.15, 0.2) is 18.2 Å². The van der Waals surface area contributed by atoms with Crippen LogP contribution in [0.1, 0.15) is 25.0 Å². The van der Waals surface area contributed by atoms with E-state index in [9.17, 15) is 0 Å². The molecule has 2 atom stereocenters. The summed E-state index contributed by atoms with van der Waals surface area (Å²) in [7, 11) is 3.84. The number of ether oxygens (including phenoxy) is 1. The van der Waals surface area contributed by atoms with Crippen molar-refractivity contribution in [2.24, 2.45) is 5.73 Å². The summed E-state index contributed by atoms with van der Waals surface area (Å²) in [5, 5.41) is 0. The highest BCUT2D eigenvalue weighted by atomic mass is 16.5. The van der Waals surface area contributed by atoms with Crippen LogP contribution in [-0.4, -0.2) is 32.8 Å². The van der Waals surface area contributed by atoms with E-state index in [0.717, 1.165) is 13.0 Å². The molecule has 0 fully saturated rings. The van der Waals surface area contributed by atoms with Gasteiger partial charge in [-0.1, -0.05) is 6.07 Å². The molecule has 0 amide bonds. The van der Waals surface area contributed by atoms with E-state index in [2.05, 4.69) is 44.0 Å². The average Bonchev–Trinajstić information content (AvgIpc) is 2.30. The zero-order valence-corrected chi connectivity index (χ0v) is 12.2. The smallest absolute Gasteiger partial charge is 0.0663 e. The molecule has 2 N–H and O–H groups in total. The minimum atomic E-state index is 0.208. The minimum Gasteiger partial charge on any atom is -0.383 e. The molecule has 0 saturated carbocycles. The fourth-order valence-electron chi connectivity index (χ4n) is 2.08. The molecule has 1 aromatic carbocycles. The summed E-state index contributed by atoms with van der Waals surface area (Å²) >= 11 is 0. The zero-order chi connectivity index (χ0) is 13.7. The molecule has 0 saturated heterocycles. The largest absolute Gasteiger partial charge is 0.383 e. The van der Waals surface area contributed by atoms with E-state index in [4.69, 9.17) is 10.5 Å². The Morgan fingerprint density at radius 3 is 2.50 bits per heavy atom. The summed E-state index contributed by atoms with van der Waals surface area (Å²) < 4.78 is 5.19. The molecule has 3 heteroatoms. The number of rotatable bonds is 6. The molecule has 0 heterocycles. The summed E-state index contributed by atoms with van der Waals surface area (Å²) in [4.78, 5) is 2.24. The monoisotopic (exact) mass is 250 g/mol. The standard InChI is InChI=1S/C15H26N2O/c1-11-8-15(17(4)13(3)10-18-5)7-6-14(11)9-12(2)16/h6-8,12-13H,9-10,16H2,1-5H3. The van der Waals surface area contributed by atoms with Gasteiger partial charge in [0.05, 0.1) is 6.61 Å². The van der Waals surface area contributed by atoms with Gasteiger partial charge in [-0.25, -0.2) is 0 Å². The van der Waals surface area contributed by atoms with Crippen molar-refractivity contribution in [1.29, 1.82) is 0 Å². The van der Waals surface area contributed by atoms with Gasteiger partial charge in [0.15, 0.2) is 0 Å². The van der Waals surface area contributed by atoms with Crippen LogP contribution in [0.2, 0.25) is 0 Å². The Labute approximate surface area is 111 Å². The number of nitrogens with two attached hydrogens (primary N) is 1. The second kappa shape index (κ2) is 6.76. The van der Waals surface area contributed by atoms with E-state index in [1.165, 1.54) is 16.8 Å². The van der Waals surface area contributed by atoms with Gasteiger partial charge in [-0.3, -0.25) is 0 Å². The number of aryl methyl sites for hydroxylation is 1. The molecular weight excluding hydrogens is 224 g/mol. The van der Waals surface area contributed by atoms with Gasteiger partial charge in [0.25, 0.3) is 0 Å². The van der Waals surface area contributed by atoms with Crippen LogP contribution >= 0.6 is 0 Å². The topological polar surface area (TPSA) is 38.5 Å². The van der Waals surface area contributed by atoms with Gasteiger partial charge in [0.1, 0.15) is 0 Å². The number of hydrogen-bond acceptors (Lipinski definition) is 3. The van der Waals surface area contributed by atoms with E-state index in [1.54, 1.807) is 7.11 Å². The number of hydrogen-bond donors (Lipinski definition) is 1. The SMILES string of the molecule is COCC(C)N(C)c1ccc(CC(C)N)c(C)c1. The summed E-state index contributed by atoms with van der Waals surface area (Å²) in [6.07, 6.45) is 0.934. The van der Waals surface area contributed by atoms with E-state index in [-0.39, 0.29) is 6.04 Å². The lowest BCUT2D eigenvalue weighted by molar-refractivity contribution is 0.183. The Kier molecular flexibility index (Phi) is 5.63. The first-order valence-corrected chi connectivity index (χ1v) is 6.52. The summed E-state index contributed by atoms with van der Waals surface area (Å²) in [5.74, 6) is 0. The van der Waals surface area contributed by atoms with Crippen LogP contribution in [0.25, 0.3) is 0 Å². The van der Waals surface area contributed by atoms with E-state index < -0.39 is 0 Å². The second-order valence-corrected chi connectivity index (χ2v) is 5.21. The van der Waals surface area contributed by atoms with Crippen LogP contribution in [0.3, 0.4) is 0 Å². The summed E-state index contributed by atoms with van der Waals surface area (Å²) in [6, 6.07) is 7.15. The van der Waals surface area contributed by atoms with Crippen LogP contribution in [0, 0.1) is 6.92 Å².